The third-order valence-electron chi connectivity index (χ3n) is 5.81. The van der Waals surface area contributed by atoms with Crippen molar-refractivity contribution in [1.82, 2.24) is 9.62 Å². The Morgan fingerprint density at radius 3 is 2.41 bits per heavy atom. The smallest absolute Gasteiger partial charge is 0.251 e. The molecule has 9 heteroatoms. The lowest BCUT2D eigenvalue weighted by molar-refractivity contribution is -0.954. The van der Waals surface area contributed by atoms with Crippen molar-refractivity contribution in [3.8, 4) is 0 Å². The molecule has 1 aromatic rings. The van der Waals surface area contributed by atoms with Gasteiger partial charge in [0.05, 0.1) is 37.9 Å². The zero-order valence-electron chi connectivity index (χ0n) is 17.5. The summed E-state index contributed by atoms with van der Waals surface area (Å²) in [5, 5.41) is 3.01. The van der Waals surface area contributed by atoms with Crippen LogP contribution in [-0.2, 0) is 19.5 Å². The molecule has 0 bridgehead atoms. The summed E-state index contributed by atoms with van der Waals surface area (Å²) in [4.78, 5) is 14.4. The minimum absolute atomic E-state index is 0.134. The van der Waals surface area contributed by atoms with Crippen LogP contribution >= 0.6 is 0 Å². The quantitative estimate of drug-likeness (QED) is 0.637. The van der Waals surface area contributed by atoms with E-state index < -0.39 is 10.0 Å². The van der Waals surface area contributed by atoms with E-state index in [2.05, 4.69) is 19.2 Å². The Kier molecular flexibility index (Phi) is 6.95. The van der Waals surface area contributed by atoms with Gasteiger partial charge in [0.15, 0.2) is 0 Å². The van der Waals surface area contributed by atoms with Crippen LogP contribution in [0, 0.1) is 6.92 Å². The normalized spacial score (nSPS) is 19.8. The van der Waals surface area contributed by atoms with Crippen LogP contribution in [0.5, 0.6) is 0 Å². The molecule has 2 aliphatic heterocycles. The standard InChI is InChI=1S/C20H31N3O5S/c1-16-4-5-17(29(25,26)23-8-12-28-13-9-23)14-18(16)19(24)21-15-20(2,3)22-6-10-27-11-7-22/h4-5,14H,6-13,15H2,1-3H3,(H,21,24)/p+1. The Labute approximate surface area is 173 Å². The van der Waals surface area contributed by atoms with Crippen LogP contribution in [0.25, 0.3) is 0 Å². The van der Waals surface area contributed by atoms with Crippen molar-refractivity contribution < 1.29 is 27.6 Å². The van der Waals surface area contributed by atoms with Gasteiger partial charge in [-0.15, -0.1) is 0 Å². The van der Waals surface area contributed by atoms with Crippen LogP contribution < -0.4 is 10.2 Å². The maximum atomic E-state index is 12.9. The van der Waals surface area contributed by atoms with Gasteiger partial charge in [-0.25, -0.2) is 8.42 Å². The Morgan fingerprint density at radius 1 is 1.14 bits per heavy atom. The topological polar surface area (TPSA) is 89.4 Å². The first kappa shape index (κ1) is 22.2. The van der Waals surface area contributed by atoms with Crippen molar-refractivity contribution in [3.63, 3.8) is 0 Å². The highest BCUT2D eigenvalue weighted by molar-refractivity contribution is 7.89. The maximum Gasteiger partial charge on any atom is 0.251 e. The molecule has 2 heterocycles. The second-order valence-electron chi connectivity index (χ2n) is 8.28. The Bertz CT molecular complexity index is 829. The number of benzene rings is 1. The average Bonchev–Trinajstić information content (AvgIpc) is 2.73. The van der Waals surface area contributed by atoms with E-state index >= 15 is 0 Å². The molecule has 2 N–H and O–H groups in total. The molecular weight excluding hydrogens is 394 g/mol. The first-order valence-corrected chi connectivity index (χ1v) is 11.6. The SMILES string of the molecule is Cc1ccc(S(=O)(=O)N2CCOCC2)cc1C(=O)NCC(C)(C)[NH+]1CCOCC1. The molecule has 162 valence electrons. The summed E-state index contributed by atoms with van der Waals surface area (Å²) < 4.78 is 37.9. The molecule has 3 rings (SSSR count). The van der Waals surface area contributed by atoms with Gasteiger partial charge in [-0.1, -0.05) is 6.07 Å². The fourth-order valence-corrected chi connectivity index (χ4v) is 5.19. The molecule has 8 nitrogen and oxygen atoms in total. The van der Waals surface area contributed by atoms with E-state index in [9.17, 15) is 13.2 Å². The maximum absolute atomic E-state index is 12.9. The lowest BCUT2D eigenvalue weighted by atomic mass is 10.0. The minimum atomic E-state index is -3.64. The molecule has 0 aromatic heterocycles. The number of morpholine rings is 2. The molecule has 1 amide bonds. The summed E-state index contributed by atoms with van der Waals surface area (Å²) in [6.07, 6.45) is 0. The van der Waals surface area contributed by atoms with Gasteiger partial charge in [-0.2, -0.15) is 4.31 Å². The van der Waals surface area contributed by atoms with E-state index in [0.717, 1.165) is 31.9 Å². The average molecular weight is 427 g/mol. The van der Waals surface area contributed by atoms with E-state index in [0.29, 0.717) is 38.4 Å². The van der Waals surface area contributed by atoms with E-state index in [1.54, 1.807) is 12.1 Å². The number of carbonyl (C=O) groups excluding carboxylic acids is 1. The van der Waals surface area contributed by atoms with E-state index in [1.165, 1.54) is 15.3 Å². The molecule has 0 unspecified atom stereocenters. The number of hydrogen-bond acceptors (Lipinski definition) is 5. The van der Waals surface area contributed by atoms with Gasteiger partial charge in [-0.05, 0) is 38.5 Å². The second-order valence-corrected chi connectivity index (χ2v) is 10.2. The molecule has 0 aliphatic carbocycles. The van der Waals surface area contributed by atoms with Crippen molar-refractivity contribution in [2.75, 3.05) is 59.2 Å². The molecule has 0 spiro atoms. The summed E-state index contributed by atoms with van der Waals surface area (Å²) in [6.45, 7) is 11.3. The molecule has 2 fully saturated rings. The van der Waals surface area contributed by atoms with Crippen LogP contribution in [0.4, 0.5) is 0 Å². The van der Waals surface area contributed by atoms with Gasteiger partial charge in [0.25, 0.3) is 5.91 Å². The van der Waals surface area contributed by atoms with Crippen molar-refractivity contribution in [3.05, 3.63) is 29.3 Å². The number of nitrogens with one attached hydrogen (secondary N) is 2. The number of ether oxygens (including phenoxy) is 2. The van der Waals surface area contributed by atoms with Crippen LogP contribution in [0.3, 0.4) is 0 Å². The number of sulfonamides is 1. The molecule has 2 aliphatic rings. The first-order chi connectivity index (χ1) is 13.7. The van der Waals surface area contributed by atoms with Crippen LogP contribution in [0.2, 0.25) is 0 Å². The van der Waals surface area contributed by atoms with Gasteiger partial charge in [0.1, 0.15) is 18.6 Å². The predicted molar refractivity (Wildman–Crippen MR) is 109 cm³/mol. The van der Waals surface area contributed by atoms with Crippen molar-refractivity contribution in [2.24, 2.45) is 0 Å². The number of amides is 1. The molecule has 0 atom stereocenters. The summed E-state index contributed by atoms with van der Waals surface area (Å²) in [5.74, 6) is -0.248. The predicted octanol–water partition coefficient (Wildman–Crippen LogP) is -0.561. The summed E-state index contributed by atoms with van der Waals surface area (Å²) in [6, 6.07) is 4.75. The fourth-order valence-electron chi connectivity index (χ4n) is 3.76. The van der Waals surface area contributed by atoms with Crippen molar-refractivity contribution in [2.45, 2.75) is 31.2 Å². The third-order valence-corrected chi connectivity index (χ3v) is 7.70. The Hall–Kier alpha value is -1.52. The lowest BCUT2D eigenvalue weighted by Crippen LogP contribution is -3.22. The zero-order valence-corrected chi connectivity index (χ0v) is 18.3. The number of quaternary nitrogens is 1. The molecular formula is C20H32N3O5S+. The number of carbonyl (C=O) groups is 1. The zero-order chi connectivity index (χ0) is 21.1. The Balaban J connectivity index is 1.72. The number of aryl methyl sites for hydroxylation is 1. The second kappa shape index (κ2) is 9.09. The van der Waals surface area contributed by atoms with Crippen LogP contribution in [0.15, 0.2) is 23.1 Å². The monoisotopic (exact) mass is 426 g/mol. The van der Waals surface area contributed by atoms with E-state index in [1.807, 2.05) is 6.92 Å². The van der Waals surface area contributed by atoms with E-state index in [-0.39, 0.29) is 16.3 Å². The van der Waals surface area contributed by atoms with Gasteiger partial charge < -0.3 is 19.7 Å². The molecule has 1 aromatic carbocycles. The Morgan fingerprint density at radius 2 is 1.76 bits per heavy atom. The molecule has 0 saturated carbocycles. The first-order valence-electron chi connectivity index (χ1n) is 10.1. The molecule has 29 heavy (non-hydrogen) atoms. The molecule has 2 saturated heterocycles. The molecule has 0 radical (unpaired) electrons. The fraction of sp³-hybridized carbons (Fsp3) is 0.650. The number of nitrogens with zero attached hydrogens (tertiary/aromatic N) is 1. The van der Waals surface area contributed by atoms with Crippen molar-refractivity contribution >= 4 is 15.9 Å². The summed E-state index contributed by atoms with van der Waals surface area (Å²) in [7, 11) is -3.64. The lowest BCUT2D eigenvalue weighted by Gasteiger charge is -2.37. The highest BCUT2D eigenvalue weighted by Gasteiger charge is 2.33. The van der Waals surface area contributed by atoms with Gasteiger partial charge in [0.2, 0.25) is 10.0 Å². The van der Waals surface area contributed by atoms with Crippen LogP contribution in [-0.4, -0.2) is 83.3 Å². The third kappa shape index (κ3) is 5.16. The summed E-state index contributed by atoms with van der Waals surface area (Å²) in [5.41, 5.74) is 1.01. The van der Waals surface area contributed by atoms with Gasteiger partial charge >= 0.3 is 0 Å². The van der Waals surface area contributed by atoms with E-state index in [4.69, 9.17) is 9.47 Å². The van der Waals surface area contributed by atoms with Crippen molar-refractivity contribution in [1.29, 1.82) is 0 Å². The number of rotatable bonds is 6. The number of hydrogen-bond donors (Lipinski definition) is 2. The summed E-state index contributed by atoms with van der Waals surface area (Å²) >= 11 is 0. The highest BCUT2D eigenvalue weighted by atomic mass is 32.2. The van der Waals surface area contributed by atoms with Crippen LogP contribution in [0.1, 0.15) is 29.8 Å². The largest absolute Gasteiger partial charge is 0.379 e. The minimum Gasteiger partial charge on any atom is -0.379 e. The van der Waals surface area contributed by atoms with Gasteiger partial charge in [0, 0.05) is 18.7 Å². The highest BCUT2D eigenvalue weighted by Crippen LogP contribution is 2.20. The van der Waals surface area contributed by atoms with Gasteiger partial charge in [-0.3, -0.25) is 4.79 Å².